The van der Waals surface area contributed by atoms with Crippen LogP contribution in [0.2, 0.25) is 0 Å². The zero-order valence-electron chi connectivity index (χ0n) is 13.4. The zero-order chi connectivity index (χ0) is 16.9. The SMILES string of the molecule is Cc1ccc(OCC(=O)Nc2nnc(-c3ccc(C)cc3)s2)cc1. The molecule has 0 fully saturated rings. The van der Waals surface area contributed by atoms with Gasteiger partial charge in [-0.25, -0.2) is 0 Å². The Labute approximate surface area is 144 Å². The van der Waals surface area contributed by atoms with Crippen LogP contribution >= 0.6 is 11.3 Å². The van der Waals surface area contributed by atoms with Crippen molar-refractivity contribution in [1.82, 2.24) is 10.2 Å². The molecule has 1 amide bonds. The number of aromatic nitrogens is 2. The number of amides is 1. The van der Waals surface area contributed by atoms with Crippen molar-refractivity contribution in [2.45, 2.75) is 13.8 Å². The number of hydrogen-bond donors (Lipinski definition) is 1. The van der Waals surface area contributed by atoms with Crippen molar-refractivity contribution >= 4 is 22.4 Å². The summed E-state index contributed by atoms with van der Waals surface area (Å²) in [7, 11) is 0. The van der Waals surface area contributed by atoms with Crippen LogP contribution in [0.25, 0.3) is 10.6 Å². The molecule has 0 atom stereocenters. The predicted molar refractivity (Wildman–Crippen MR) is 95.4 cm³/mol. The van der Waals surface area contributed by atoms with E-state index >= 15 is 0 Å². The van der Waals surface area contributed by atoms with E-state index in [1.54, 1.807) is 0 Å². The lowest BCUT2D eigenvalue weighted by molar-refractivity contribution is -0.118. The highest BCUT2D eigenvalue weighted by Gasteiger charge is 2.10. The second kappa shape index (κ2) is 7.23. The molecule has 2 aromatic carbocycles. The van der Waals surface area contributed by atoms with Crippen LogP contribution in [0.5, 0.6) is 5.75 Å². The topological polar surface area (TPSA) is 64.1 Å². The summed E-state index contributed by atoms with van der Waals surface area (Å²) in [5, 5.41) is 12.0. The van der Waals surface area contributed by atoms with Gasteiger partial charge in [0, 0.05) is 5.56 Å². The second-order valence-corrected chi connectivity index (χ2v) is 6.41. The van der Waals surface area contributed by atoms with Gasteiger partial charge in [0.25, 0.3) is 5.91 Å². The van der Waals surface area contributed by atoms with Crippen LogP contribution in [0.3, 0.4) is 0 Å². The Morgan fingerprint density at radius 2 is 1.62 bits per heavy atom. The minimum Gasteiger partial charge on any atom is -0.484 e. The Bertz CT molecular complexity index is 826. The number of aryl methyl sites for hydroxylation is 2. The summed E-state index contributed by atoms with van der Waals surface area (Å²) in [6.45, 7) is 3.96. The van der Waals surface area contributed by atoms with E-state index in [0.717, 1.165) is 16.1 Å². The molecule has 0 saturated heterocycles. The highest BCUT2D eigenvalue weighted by Crippen LogP contribution is 2.26. The molecule has 0 spiro atoms. The van der Waals surface area contributed by atoms with E-state index in [2.05, 4.69) is 15.5 Å². The predicted octanol–water partition coefficient (Wildman–Crippen LogP) is 3.84. The van der Waals surface area contributed by atoms with Gasteiger partial charge in [-0.2, -0.15) is 0 Å². The molecular formula is C18H17N3O2S. The van der Waals surface area contributed by atoms with Crippen molar-refractivity contribution in [3.05, 3.63) is 59.7 Å². The normalized spacial score (nSPS) is 10.4. The van der Waals surface area contributed by atoms with Gasteiger partial charge in [0.05, 0.1) is 0 Å². The number of nitrogens with one attached hydrogen (secondary N) is 1. The number of rotatable bonds is 5. The van der Waals surface area contributed by atoms with E-state index in [4.69, 9.17) is 4.74 Å². The van der Waals surface area contributed by atoms with Crippen molar-refractivity contribution in [2.24, 2.45) is 0 Å². The van der Waals surface area contributed by atoms with Crippen molar-refractivity contribution in [2.75, 3.05) is 11.9 Å². The van der Waals surface area contributed by atoms with Crippen LogP contribution in [-0.2, 0) is 4.79 Å². The quantitative estimate of drug-likeness (QED) is 0.767. The molecule has 0 aliphatic carbocycles. The summed E-state index contributed by atoms with van der Waals surface area (Å²) in [4.78, 5) is 11.9. The first-order chi connectivity index (χ1) is 11.6. The molecule has 0 saturated carbocycles. The first kappa shape index (κ1) is 16.1. The molecule has 0 aliphatic rings. The van der Waals surface area contributed by atoms with Crippen LogP contribution < -0.4 is 10.1 Å². The molecule has 3 aromatic rings. The first-order valence-electron chi connectivity index (χ1n) is 7.50. The molecule has 0 radical (unpaired) electrons. The monoisotopic (exact) mass is 339 g/mol. The van der Waals surface area contributed by atoms with Crippen LogP contribution in [0.15, 0.2) is 48.5 Å². The number of hydrogen-bond acceptors (Lipinski definition) is 5. The standard InChI is InChI=1S/C18H17N3O2S/c1-12-3-7-14(8-4-12)17-20-21-18(24-17)19-16(22)11-23-15-9-5-13(2)6-10-15/h3-10H,11H2,1-2H3,(H,19,21,22). The Balaban J connectivity index is 1.57. The Kier molecular flexibility index (Phi) is 4.86. The molecule has 5 nitrogen and oxygen atoms in total. The largest absolute Gasteiger partial charge is 0.484 e. The minimum atomic E-state index is -0.262. The van der Waals surface area contributed by atoms with Gasteiger partial charge in [0.2, 0.25) is 5.13 Å². The van der Waals surface area contributed by atoms with Gasteiger partial charge in [-0.1, -0.05) is 58.9 Å². The smallest absolute Gasteiger partial charge is 0.264 e. The lowest BCUT2D eigenvalue weighted by Crippen LogP contribution is -2.20. The van der Waals surface area contributed by atoms with Crippen LogP contribution in [0.4, 0.5) is 5.13 Å². The minimum absolute atomic E-state index is 0.0670. The number of benzene rings is 2. The molecule has 0 bridgehead atoms. The maximum absolute atomic E-state index is 11.9. The van der Waals surface area contributed by atoms with E-state index in [-0.39, 0.29) is 12.5 Å². The molecule has 3 rings (SSSR count). The van der Waals surface area contributed by atoms with E-state index in [0.29, 0.717) is 10.9 Å². The molecule has 122 valence electrons. The Morgan fingerprint density at radius 1 is 1.00 bits per heavy atom. The Morgan fingerprint density at radius 3 is 2.29 bits per heavy atom. The number of anilines is 1. The lowest BCUT2D eigenvalue weighted by atomic mass is 10.2. The van der Waals surface area contributed by atoms with Gasteiger partial charge in [0.1, 0.15) is 10.8 Å². The van der Waals surface area contributed by atoms with Gasteiger partial charge in [0.15, 0.2) is 6.61 Å². The fourth-order valence-electron chi connectivity index (χ4n) is 2.03. The van der Waals surface area contributed by atoms with Gasteiger partial charge in [-0.3, -0.25) is 10.1 Å². The Hall–Kier alpha value is -2.73. The zero-order valence-corrected chi connectivity index (χ0v) is 14.3. The van der Waals surface area contributed by atoms with E-state index in [9.17, 15) is 4.79 Å². The third-order valence-corrected chi connectivity index (χ3v) is 4.25. The van der Waals surface area contributed by atoms with E-state index in [1.165, 1.54) is 16.9 Å². The molecule has 0 unspecified atom stereocenters. The number of ether oxygens (including phenoxy) is 1. The highest BCUT2D eigenvalue weighted by molar-refractivity contribution is 7.18. The van der Waals surface area contributed by atoms with Crippen molar-refractivity contribution < 1.29 is 9.53 Å². The summed E-state index contributed by atoms with van der Waals surface area (Å²) in [5.74, 6) is 0.399. The van der Waals surface area contributed by atoms with Crippen LogP contribution in [0, 0.1) is 13.8 Å². The average molecular weight is 339 g/mol. The summed E-state index contributed by atoms with van der Waals surface area (Å²) >= 11 is 1.33. The third-order valence-electron chi connectivity index (χ3n) is 3.36. The summed E-state index contributed by atoms with van der Waals surface area (Å²) < 4.78 is 5.44. The van der Waals surface area contributed by atoms with Crippen LogP contribution in [0.1, 0.15) is 11.1 Å². The van der Waals surface area contributed by atoms with E-state index in [1.807, 2.05) is 62.4 Å². The van der Waals surface area contributed by atoms with Gasteiger partial charge in [-0.05, 0) is 26.0 Å². The highest BCUT2D eigenvalue weighted by atomic mass is 32.1. The summed E-state index contributed by atoms with van der Waals surface area (Å²) in [6, 6.07) is 15.6. The summed E-state index contributed by atoms with van der Waals surface area (Å²) in [6.07, 6.45) is 0. The second-order valence-electron chi connectivity index (χ2n) is 5.43. The molecular weight excluding hydrogens is 322 g/mol. The number of carbonyl (C=O) groups excluding carboxylic acids is 1. The molecule has 0 aliphatic heterocycles. The molecule has 1 heterocycles. The number of nitrogens with zero attached hydrogens (tertiary/aromatic N) is 2. The van der Waals surface area contributed by atoms with Crippen molar-refractivity contribution in [3.8, 4) is 16.3 Å². The molecule has 1 aromatic heterocycles. The maximum Gasteiger partial charge on any atom is 0.264 e. The maximum atomic E-state index is 11.9. The fraction of sp³-hybridized carbons (Fsp3) is 0.167. The van der Waals surface area contributed by atoms with Crippen molar-refractivity contribution in [3.63, 3.8) is 0 Å². The first-order valence-corrected chi connectivity index (χ1v) is 8.32. The number of carbonyl (C=O) groups is 1. The van der Waals surface area contributed by atoms with Gasteiger partial charge in [-0.15, -0.1) is 10.2 Å². The molecule has 6 heteroatoms. The molecule has 24 heavy (non-hydrogen) atoms. The third kappa shape index (κ3) is 4.17. The van der Waals surface area contributed by atoms with E-state index < -0.39 is 0 Å². The van der Waals surface area contributed by atoms with Crippen LogP contribution in [-0.4, -0.2) is 22.7 Å². The van der Waals surface area contributed by atoms with Gasteiger partial charge >= 0.3 is 0 Å². The molecule has 1 N–H and O–H groups in total. The lowest BCUT2D eigenvalue weighted by Gasteiger charge is -2.05. The summed E-state index contributed by atoms with van der Waals surface area (Å²) in [5.41, 5.74) is 3.31. The van der Waals surface area contributed by atoms with Gasteiger partial charge < -0.3 is 4.74 Å². The fourth-order valence-corrected chi connectivity index (χ4v) is 2.79. The average Bonchev–Trinajstić information content (AvgIpc) is 3.03. The van der Waals surface area contributed by atoms with Crippen molar-refractivity contribution in [1.29, 1.82) is 0 Å².